The fourth-order valence-corrected chi connectivity index (χ4v) is 2.30. The molecule has 0 bridgehead atoms. The van der Waals surface area contributed by atoms with Crippen LogP contribution in [0.4, 0.5) is 5.69 Å². The van der Waals surface area contributed by atoms with Crippen molar-refractivity contribution in [1.29, 1.82) is 0 Å². The van der Waals surface area contributed by atoms with Crippen molar-refractivity contribution in [3.63, 3.8) is 0 Å². The van der Waals surface area contributed by atoms with Gasteiger partial charge < -0.3 is 15.7 Å². The van der Waals surface area contributed by atoms with Gasteiger partial charge in [-0.15, -0.1) is 0 Å². The van der Waals surface area contributed by atoms with Crippen LogP contribution in [0.3, 0.4) is 0 Å². The van der Waals surface area contributed by atoms with E-state index in [0.29, 0.717) is 11.6 Å². The van der Waals surface area contributed by atoms with Crippen LogP contribution in [0.25, 0.3) is 0 Å². The molecule has 4 nitrogen and oxygen atoms in total. The van der Waals surface area contributed by atoms with Crippen LogP contribution in [0.15, 0.2) is 18.2 Å². The molecule has 3 N–H and O–H groups in total. The second-order valence-electron chi connectivity index (χ2n) is 4.79. The highest BCUT2D eigenvalue weighted by Crippen LogP contribution is 2.26. The smallest absolute Gasteiger partial charge is 0.241 e. The first-order valence-corrected chi connectivity index (χ1v) is 6.47. The van der Waals surface area contributed by atoms with Crippen molar-refractivity contribution < 1.29 is 9.90 Å². The number of benzene rings is 1. The summed E-state index contributed by atoms with van der Waals surface area (Å²) < 4.78 is 0. The average molecular weight is 269 g/mol. The number of carbonyl (C=O) groups is 1. The topological polar surface area (TPSA) is 61.4 Å². The summed E-state index contributed by atoms with van der Waals surface area (Å²) >= 11 is 5.79. The second-order valence-corrected chi connectivity index (χ2v) is 5.20. The predicted octanol–water partition coefficient (Wildman–Crippen LogP) is 2.37. The molecule has 1 saturated heterocycles. The summed E-state index contributed by atoms with van der Waals surface area (Å²) in [6.07, 6.45) is 1.95. The lowest BCUT2D eigenvalue weighted by molar-refractivity contribution is -0.119. The number of hydrogen-bond acceptors (Lipinski definition) is 3. The molecule has 0 aromatic heterocycles. The molecule has 2 rings (SSSR count). The first kappa shape index (κ1) is 13.2. The summed E-state index contributed by atoms with van der Waals surface area (Å²) in [5, 5.41) is 15.5. The quantitative estimate of drug-likeness (QED) is 0.722. The van der Waals surface area contributed by atoms with Crippen molar-refractivity contribution in [2.45, 2.75) is 25.8 Å². The summed E-state index contributed by atoms with van der Waals surface area (Å²) in [5.74, 6) is 0.521. The van der Waals surface area contributed by atoms with Crippen molar-refractivity contribution >= 4 is 23.2 Å². The standard InChI is InChI=1S/C13H17ClN2O2/c1-8-4-5-15-11(6-8)13(18)16-9-2-3-12(17)10(14)7-9/h2-3,7-8,11,15,17H,4-6H2,1H3,(H,16,18). The number of piperidine rings is 1. The highest BCUT2D eigenvalue weighted by molar-refractivity contribution is 6.32. The Balaban J connectivity index is 2.00. The van der Waals surface area contributed by atoms with E-state index in [2.05, 4.69) is 17.6 Å². The van der Waals surface area contributed by atoms with Gasteiger partial charge >= 0.3 is 0 Å². The van der Waals surface area contributed by atoms with Crippen LogP contribution in [0.5, 0.6) is 5.75 Å². The van der Waals surface area contributed by atoms with E-state index in [9.17, 15) is 9.90 Å². The normalized spacial score (nSPS) is 23.7. The second kappa shape index (κ2) is 5.59. The van der Waals surface area contributed by atoms with E-state index in [1.165, 1.54) is 6.07 Å². The molecular weight excluding hydrogens is 252 g/mol. The van der Waals surface area contributed by atoms with Gasteiger partial charge in [-0.05, 0) is 43.5 Å². The lowest BCUT2D eigenvalue weighted by atomic mass is 9.94. The number of rotatable bonds is 2. The fourth-order valence-electron chi connectivity index (χ4n) is 2.12. The monoisotopic (exact) mass is 268 g/mol. The first-order chi connectivity index (χ1) is 8.56. The maximum absolute atomic E-state index is 12.0. The van der Waals surface area contributed by atoms with Gasteiger partial charge in [0.05, 0.1) is 11.1 Å². The van der Waals surface area contributed by atoms with Gasteiger partial charge in [0, 0.05) is 5.69 Å². The van der Waals surface area contributed by atoms with Gasteiger partial charge in [0.15, 0.2) is 0 Å². The Morgan fingerprint density at radius 1 is 1.56 bits per heavy atom. The molecular formula is C13H17ClN2O2. The van der Waals surface area contributed by atoms with E-state index in [0.717, 1.165) is 19.4 Å². The van der Waals surface area contributed by atoms with Gasteiger partial charge in [-0.25, -0.2) is 0 Å². The van der Waals surface area contributed by atoms with Gasteiger partial charge in [0.1, 0.15) is 5.75 Å². The van der Waals surface area contributed by atoms with Gasteiger partial charge in [-0.2, -0.15) is 0 Å². The number of aromatic hydroxyl groups is 1. The first-order valence-electron chi connectivity index (χ1n) is 6.09. The van der Waals surface area contributed by atoms with E-state index < -0.39 is 0 Å². The van der Waals surface area contributed by atoms with Crippen LogP contribution < -0.4 is 10.6 Å². The fraction of sp³-hybridized carbons (Fsp3) is 0.462. The third-order valence-electron chi connectivity index (χ3n) is 3.20. The van der Waals surface area contributed by atoms with Crippen LogP contribution in [0.1, 0.15) is 19.8 Å². The molecule has 98 valence electrons. The molecule has 0 saturated carbocycles. The van der Waals surface area contributed by atoms with Crippen LogP contribution in [0.2, 0.25) is 5.02 Å². The average Bonchev–Trinajstić information content (AvgIpc) is 2.34. The van der Waals surface area contributed by atoms with Gasteiger partial charge in [-0.3, -0.25) is 4.79 Å². The number of anilines is 1. The molecule has 1 aromatic rings. The maximum atomic E-state index is 12.0. The molecule has 1 aliphatic rings. The minimum Gasteiger partial charge on any atom is -0.506 e. The molecule has 1 amide bonds. The van der Waals surface area contributed by atoms with Crippen molar-refractivity contribution in [2.75, 3.05) is 11.9 Å². The molecule has 0 aliphatic carbocycles. The Kier molecular flexibility index (Phi) is 4.09. The van der Waals surface area contributed by atoms with E-state index >= 15 is 0 Å². The minimum absolute atomic E-state index is 0.0130. The third-order valence-corrected chi connectivity index (χ3v) is 3.50. The summed E-state index contributed by atoms with van der Waals surface area (Å²) in [4.78, 5) is 12.0. The Morgan fingerprint density at radius 2 is 2.33 bits per heavy atom. The Bertz CT molecular complexity index is 451. The van der Waals surface area contributed by atoms with Crippen molar-refractivity contribution in [3.05, 3.63) is 23.2 Å². The molecule has 2 unspecified atom stereocenters. The minimum atomic E-state index is -0.152. The number of phenols is 1. The van der Waals surface area contributed by atoms with E-state index in [-0.39, 0.29) is 22.7 Å². The number of amides is 1. The number of hydrogen-bond donors (Lipinski definition) is 3. The maximum Gasteiger partial charge on any atom is 0.241 e. The number of nitrogens with one attached hydrogen (secondary N) is 2. The molecule has 0 radical (unpaired) electrons. The summed E-state index contributed by atoms with van der Waals surface area (Å²) in [6, 6.07) is 4.49. The lowest BCUT2D eigenvalue weighted by Gasteiger charge is -2.27. The molecule has 1 aliphatic heterocycles. The zero-order chi connectivity index (χ0) is 13.1. The van der Waals surface area contributed by atoms with Gasteiger partial charge in [-0.1, -0.05) is 18.5 Å². The molecule has 2 atom stereocenters. The molecule has 0 spiro atoms. The number of halogens is 1. The molecule has 5 heteroatoms. The third kappa shape index (κ3) is 3.15. The predicted molar refractivity (Wildman–Crippen MR) is 71.9 cm³/mol. The van der Waals surface area contributed by atoms with E-state index in [1.807, 2.05) is 0 Å². The highest BCUT2D eigenvalue weighted by atomic mass is 35.5. The molecule has 1 aromatic carbocycles. The van der Waals surface area contributed by atoms with Crippen molar-refractivity contribution in [3.8, 4) is 5.75 Å². The molecule has 1 heterocycles. The number of phenolic OH excluding ortho intramolecular Hbond substituents is 1. The Hall–Kier alpha value is -1.26. The summed E-state index contributed by atoms with van der Waals surface area (Å²) in [7, 11) is 0. The number of carbonyl (C=O) groups excluding carboxylic acids is 1. The van der Waals surface area contributed by atoms with Crippen molar-refractivity contribution in [1.82, 2.24) is 5.32 Å². The zero-order valence-corrected chi connectivity index (χ0v) is 11.0. The summed E-state index contributed by atoms with van der Waals surface area (Å²) in [6.45, 7) is 3.02. The Labute approximate surface area is 111 Å². The molecule has 18 heavy (non-hydrogen) atoms. The van der Waals surface area contributed by atoms with Crippen LogP contribution in [-0.2, 0) is 4.79 Å². The zero-order valence-electron chi connectivity index (χ0n) is 10.2. The summed E-state index contributed by atoms with van der Waals surface area (Å²) in [5.41, 5.74) is 0.600. The van der Waals surface area contributed by atoms with Crippen LogP contribution >= 0.6 is 11.6 Å². The Morgan fingerprint density at radius 3 is 3.00 bits per heavy atom. The van der Waals surface area contributed by atoms with Crippen LogP contribution in [0, 0.1) is 5.92 Å². The van der Waals surface area contributed by atoms with Crippen molar-refractivity contribution in [2.24, 2.45) is 5.92 Å². The van der Waals surface area contributed by atoms with Crippen LogP contribution in [-0.4, -0.2) is 23.6 Å². The highest BCUT2D eigenvalue weighted by Gasteiger charge is 2.24. The van der Waals surface area contributed by atoms with Gasteiger partial charge in [0.2, 0.25) is 5.91 Å². The van der Waals surface area contributed by atoms with E-state index in [4.69, 9.17) is 11.6 Å². The molecule has 1 fully saturated rings. The van der Waals surface area contributed by atoms with Gasteiger partial charge in [0.25, 0.3) is 0 Å². The lowest BCUT2D eigenvalue weighted by Crippen LogP contribution is -2.45. The SMILES string of the molecule is CC1CCNC(C(=O)Nc2ccc(O)c(Cl)c2)C1. The van der Waals surface area contributed by atoms with E-state index in [1.54, 1.807) is 12.1 Å². The largest absolute Gasteiger partial charge is 0.506 e.